The highest BCUT2D eigenvalue weighted by molar-refractivity contribution is 5.74. The summed E-state index contributed by atoms with van der Waals surface area (Å²) >= 11 is 0. The van der Waals surface area contributed by atoms with Crippen molar-refractivity contribution in [3.05, 3.63) is 76.6 Å². The molecule has 0 saturated carbocycles. The molecule has 0 spiro atoms. The van der Waals surface area contributed by atoms with Crippen LogP contribution in [0.4, 0.5) is 0 Å². The summed E-state index contributed by atoms with van der Waals surface area (Å²) in [5.41, 5.74) is 6.96. The van der Waals surface area contributed by atoms with Crippen molar-refractivity contribution in [1.29, 1.82) is 0 Å². The summed E-state index contributed by atoms with van der Waals surface area (Å²) in [4.78, 5) is 0. The molecule has 2 rings (SSSR count). The molecular formula is C23H31NO2. The van der Waals surface area contributed by atoms with Gasteiger partial charge in [0.05, 0.1) is 6.61 Å². The zero-order valence-corrected chi connectivity index (χ0v) is 16.6. The van der Waals surface area contributed by atoms with E-state index in [0.29, 0.717) is 11.1 Å². The Hall–Kier alpha value is -2.26. The molecule has 140 valence electrons. The molecule has 3 N–H and O–H groups in total. The molecule has 1 aliphatic heterocycles. The molecule has 1 aliphatic rings. The molecule has 0 amide bonds. The maximum Gasteiger partial charge on any atom is 0.115 e. The van der Waals surface area contributed by atoms with E-state index >= 15 is 0 Å². The molecule has 0 aromatic heterocycles. The average Bonchev–Trinajstić information content (AvgIpc) is 2.56. The normalized spacial score (nSPS) is 19.1. The van der Waals surface area contributed by atoms with Crippen molar-refractivity contribution in [2.45, 2.75) is 47.1 Å². The number of benzene rings is 1. The molecule has 0 fully saturated rings. The topological polar surface area (TPSA) is 52.5 Å². The highest BCUT2D eigenvalue weighted by atomic mass is 16.3. The van der Waals surface area contributed by atoms with E-state index in [9.17, 15) is 10.2 Å². The minimum atomic E-state index is -0.263. The first-order valence-electron chi connectivity index (χ1n) is 9.04. The van der Waals surface area contributed by atoms with Crippen LogP contribution < -0.4 is 5.32 Å². The van der Waals surface area contributed by atoms with Crippen molar-refractivity contribution < 1.29 is 10.2 Å². The highest BCUT2D eigenvalue weighted by Crippen LogP contribution is 2.35. The molecule has 1 unspecified atom stereocenters. The molecule has 1 aromatic carbocycles. The molecular weight excluding hydrogens is 322 g/mol. The van der Waals surface area contributed by atoms with Crippen molar-refractivity contribution >= 4 is 5.70 Å². The third-order valence-corrected chi connectivity index (χ3v) is 5.38. The number of allylic oxidation sites excluding steroid dienone is 3. The van der Waals surface area contributed by atoms with Gasteiger partial charge in [-0.15, -0.1) is 0 Å². The van der Waals surface area contributed by atoms with Crippen molar-refractivity contribution in [3.8, 4) is 0 Å². The Labute approximate surface area is 157 Å². The van der Waals surface area contributed by atoms with Crippen LogP contribution in [0.5, 0.6) is 0 Å². The molecule has 0 aliphatic carbocycles. The van der Waals surface area contributed by atoms with Gasteiger partial charge in [-0.1, -0.05) is 39.1 Å². The Balaban J connectivity index is 2.57. The third kappa shape index (κ3) is 3.94. The molecule has 26 heavy (non-hydrogen) atoms. The minimum Gasteiger partial charge on any atom is -0.508 e. The molecule has 1 aromatic rings. The van der Waals surface area contributed by atoms with Gasteiger partial charge in [0.2, 0.25) is 0 Å². The summed E-state index contributed by atoms with van der Waals surface area (Å²) in [7, 11) is 0. The molecule has 1 heterocycles. The molecule has 1 atom stereocenters. The van der Waals surface area contributed by atoms with Gasteiger partial charge in [0.1, 0.15) is 5.76 Å². The second kappa shape index (κ2) is 7.55. The predicted octanol–water partition coefficient (Wildman–Crippen LogP) is 4.75. The standard InChI is InChI=1S/C23H31NO2/c1-8-19(17(5)26)16(4)11-21-20-10-15(3)14(2)9-18(20)12-22(24-21)23(6,7)13-25/h8-11,22,24-26H,4-5,12-13H2,1-3,6-7H3/b19-8+,21-11-. The van der Waals surface area contributed by atoms with Gasteiger partial charge in [-0.25, -0.2) is 0 Å². The van der Waals surface area contributed by atoms with Crippen LogP contribution >= 0.6 is 0 Å². The number of nitrogens with one attached hydrogen (secondary N) is 1. The Morgan fingerprint density at radius 2 is 1.88 bits per heavy atom. The minimum absolute atomic E-state index is 0.0118. The fourth-order valence-corrected chi connectivity index (χ4v) is 3.32. The largest absolute Gasteiger partial charge is 0.508 e. The van der Waals surface area contributed by atoms with Crippen LogP contribution in [0, 0.1) is 19.3 Å². The van der Waals surface area contributed by atoms with Crippen LogP contribution in [0.3, 0.4) is 0 Å². The lowest BCUT2D eigenvalue weighted by molar-refractivity contribution is 0.121. The van der Waals surface area contributed by atoms with E-state index in [1.165, 1.54) is 16.7 Å². The zero-order chi connectivity index (χ0) is 19.6. The second-order valence-corrected chi connectivity index (χ2v) is 7.87. The fourth-order valence-electron chi connectivity index (χ4n) is 3.32. The van der Waals surface area contributed by atoms with E-state index in [1.54, 1.807) is 6.08 Å². The monoisotopic (exact) mass is 353 g/mol. The quantitative estimate of drug-likeness (QED) is 0.529. The molecule has 0 radical (unpaired) electrons. The van der Waals surface area contributed by atoms with Gasteiger partial charge in [0.15, 0.2) is 0 Å². The number of aliphatic hydroxyl groups excluding tert-OH is 2. The molecule has 0 saturated heterocycles. The van der Waals surface area contributed by atoms with Crippen LogP contribution in [0.25, 0.3) is 5.70 Å². The van der Waals surface area contributed by atoms with Crippen molar-refractivity contribution in [2.24, 2.45) is 5.41 Å². The first-order chi connectivity index (χ1) is 12.1. The number of aliphatic hydroxyl groups is 2. The Morgan fingerprint density at radius 3 is 2.42 bits per heavy atom. The maximum atomic E-state index is 9.83. The van der Waals surface area contributed by atoms with Crippen LogP contribution in [0.1, 0.15) is 43.0 Å². The highest BCUT2D eigenvalue weighted by Gasteiger charge is 2.33. The maximum absolute atomic E-state index is 9.83. The van der Waals surface area contributed by atoms with Crippen molar-refractivity contribution in [1.82, 2.24) is 5.32 Å². The van der Waals surface area contributed by atoms with Gasteiger partial charge >= 0.3 is 0 Å². The second-order valence-electron chi connectivity index (χ2n) is 7.87. The van der Waals surface area contributed by atoms with E-state index in [1.807, 2.05) is 13.0 Å². The average molecular weight is 354 g/mol. The van der Waals surface area contributed by atoms with E-state index in [0.717, 1.165) is 17.7 Å². The lowest BCUT2D eigenvalue weighted by Crippen LogP contribution is -2.47. The predicted molar refractivity (Wildman–Crippen MR) is 110 cm³/mol. The number of aryl methyl sites for hydroxylation is 2. The van der Waals surface area contributed by atoms with E-state index < -0.39 is 0 Å². The summed E-state index contributed by atoms with van der Waals surface area (Å²) in [6, 6.07) is 4.54. The van der Waals surface area contributed by atoms with Gasteiger partial charge < -0.3 is 15.5 Å². The summed E-state index contributed by atoms with van der Waals surface area (Å²) in [6.07, 6.45) is 4.63. The van der Waals surface area contributed by atoms with E-state index in [-0.39, 0.29) is 23.8 Å². The molecule has 3 heteroatoms. The zero-order valence-electron chi connectivity index (χ0n) is 16.6. The van der Waals surface area contributed by atoms with E-state index in [4.69, 9.17) is 0 Å². The van der Waals surface area contributed by atoms with Crippen LogP contribution in [0.2, 0.25) is 0 Å². The van der Waals surface area contributed by atoms with E-state index in [2.05, 4.69) is 58.3 Å². The summed E-state index contributed by atoms with van der Waals surface area (Å²) in [5.74, 6) is 0.0118. The number of rotatable bonds is 5. The summed E-state index contributed by atoms with van der Waals surface area (Å²) < 4.78 is 0. The number of fused-ring (bicyclic) bond motifs is 1. The SMILES string of the molecule is C=C(O)/C(=C/C)C(=C)/C=C1\NC(C(C)(C)CO)Cc2cc(C)c(C)cc21. The van der Waals surface area contributed by atoms with Crippen molar-refractivity contribution in [3.63, 3.8) is 0 Å². The first kappa shape index (κ1) is 20.1. The fraction of sp³-hybridized carbons (Fsp3) is 0.391. The lowest BCUT2D eigenvalue weighted by atomic mass is 9.77. The Bertz CT molecular complexity index is 797. The first-order valence-corrected chi connectivity index (χ1v) is 9.04. The lowest BCUT2D eigenvalue weighted by Gasteiger charge is -2.39. The van der Waals surface area contributed by atoms with Gasteiger partial charge in [0.25, 0.3) is 0 Å². The van der Waals surface area contributed by atoms with Crippen LogP contribution in [0.15, 0.2) is 54.3 Å². The van der Waals surface area contributed by atoms with Gasteiger partial charge in [-0.2, -0.15) is 0 Å². The van der Waals surface area contributed by atoms with Crippen molar-refractivity contribution in [2.75, 3.05) is 6.61 Å². The Morgan fingerprint density at radius 1 is 1.27 bits per heavy atom. The molecule has 0 bridgehead atoms. The summed E-state index contributed by atoms with van der Waals surface area (Å²) in [5, 5.41) is 23.2. The van der Waals surface area contributed by atoms with Gasteiger partial charge in [-0.3, -0.25) is 0 Å². The van der Waals surface area contributed by atoms with Crippen LogP contribution in [-0.4, -0.2) is 22.9 Å². The number of hydrogen-bond donors (Lipinski definition) is 3. The summed E-state index contributed by atoms with van der Waals surface area (Å²) in [6.45, 7) is 18.1. The smallest absolute Gasteiger partial charge is 0.115 e. The van der Waals surface area contributed by atoms with Crippen LogP contribution in [-0.2, 0) is 6.42 Å². The Kier molecular flexibility index (Phi) is 5.82. The number of hydrogen-bond acceptors (Lipinski definition) is 3. The van der Waals surface area contributed by atoms with Gasteiger partial charge in [0, 0.05) is 28.3 Å². The van der Waals surface area contributed by atoms with Gasteiger partial charge in [-0.05, 0) is 61.6 Å². The third-order valence-electron chi connectivity index (χ3n) is 5.38. The molecule has 3 nitrogen and oxygen atoms in total.